The maximum atomic E-state index is 2.64. The van der Waals surface area contributed by atoms with Gasteiger partial charge in [0.2, 0.25) is 0 Å². The molecule has 0 amide bonds. The van der Waals surface area contributed by atoms with Gasteiger partial charge in [0.25, 0.3) is 0 Å². The molecule has 0 saturated carbocycles. The predicted molar refractivity (Wildman–Crippen MR) is 234 cm³/mol. The first-order chi connectivity index (χ1) is 26.4. The molecule has 7 aromatic rings. The second-order valence-electron chi connectivity index (χ2n) is 18.4. The van der Waals surface area contributed by atoms with Gasteiger partial charge in [-0.05, 0) is 121 Å². The van der Waals surface area contributed by atoms with Gasteiger partial charge in [0, 0.05) is 44.0 Å². The molecular weight excluding hydrogens is 663 g/mol. The lowest BCUT2D eigenvalue weighted by atomic mass is 9.63. The van der Waals surface area contributed by atoms with E-state index >= 15 is 0 Å². The summed E-state index contributed by atoms with van der Waals surface area (Å²) in [6, 6.07) is 48.9. The lowest BCUT2D eigenvalue weighted by molar-refractivity contribution is 0.271. The van der Waals surface area contributed by atoms with Crippen molar-refractivity contribution in [2.24, 2.45) is 5.41 Å². The third-order valence-electron chi connectivity index (χ3n) is 14.7. The molecule has 1 heteroatoms. The Morgan fingerprint density at radius 2 is 1.02 bits per heavy atom. The largest absolute Gasteiger partial charge is 0.309 e. The number of rotatable bonds is 3. The molecule has 7 aromatic carbocycles. The van der Waals surface area contributed by atoms with Crippen LogP contribution in [0.15, 0.2) is 146 Å². The standard InChI is InChI=1S/C54H47N/c1-51(2)43-21-13-12-20-39(43)40-25-23-36(31-46(40)51)55(37-24-26-41-42-28-33-16-8-9-17-34(33)29-45(42)52(3,4)47(41)32-37)50-38-19-11-10-18-35(38)30-48-49(50)44-22-14-15-27-54(44,7)53(48,5)6/h8-26,28-32H,27H2,1-7H3. The maximum absolute atomic E-state index is 2.64. The Balaban J connectivity index is 1.22. The fourth-order valence-electron chi connectivity index (χ4n) is 11.1. The number of fused-ring (bicyclic) bond motifs is 11. The highest BCUT2D eigenvalue weighted by molar-refractivity contribution is 6.08. The first-order valence-corrected chi connectivity index (χ1v) is 20.1. The maximum Gasteiger partial charge on any atom is 0.0618 e. The smallest absolute Gasteiger partial charge is 0.0618 e. The van der Waals surface area contributed by atoms with Gasteiger partial charge >= 0.3 is 0 Å². The second kappa shape index (κ2) is 10.8. The van der Waals surface area contributed by atoms with Gasteiger partial charge in [-0.25, -0.2) is 0 Å². The molecule has 0 radical (unpaired) electrons. The van der Waals surface area contributed by atoms with Crippen molar-refractivity contribution in [3.05, 3.63) is 179 Å². The summed E-state index contributed by atoms with van der Waals surface area (Å²) in [6.07, 6.45) is 8.11. The number of anilines is 3. The van der Waals surface area contributed by atoms with Gasteiger partial charge in [0.1, 0.15) is 0 Å². The molecule has 0 bridgehead atoms. The van der Waals surface area contributed by atoms with Crippen LogP contribution in [0.5, 0.6) is 0 Å². The summed E-state index contributed by atoms with van der Waals surface area (Å²) in [7, 11) is 0. The van der Waals surface area contributed by atoms with Crippen LogP contribution in [0, 0.1) is 5.41 Å². The van der Waals surface area contributed by atoms with E-state index in [4.69, 9.17) is 0 Å². The highest BCUT2D eigenvalue weighted by atomic mass is 15.1. The topological polar surface area (TPSA) is 3.24 Å². The van der Waals surface area contributed by atoms with E-state index < -0.39 is 0 Å². The summed E-state index contributed by atoms with van der Waals surface area (Å²) >= 11 is 0. The van der Waals surface area contributed by atoms with Gasteiger partial charge in [0.15, 0.2) is 0 Å². The van der Waals surface area contributed by atoms with E-state index in [-0.39, 0.29) is 21.7 Å². The summed E-state index contributed by atoms with van der Waals surface area (Å²) < 4.78 is 0. The summed E-state index contributed by atoms with van der Waals surface area (Å²) in [6.45, 7) is 17.1. The fourth-order valence-corrected chi connectivity index (χ4v) is 11.1. The molecule has 1 unspecified atom stereocenters. The minimum absolute atomic E-state index is 0.0208. The first kappa shape index (κ1) is 32.7. The van der Waals surface area contributed by atoms with Crippen molar-refractivity contribution in [1.29, 1.82) is 0 Å². The van der Waals surface area contributed by atoms with Crippen LogP contribution in [-0.4, -0.2) is 0 Å². The zero-order valence-corrected chi connectivity index (χ0v) is 33.0. The van der Waals surface area contributed by atoms with Gasteiger partial charge in [-0.1, -0.05) is 152 Å². The van der Waals surface area contributed by atoms with Crippen LogP contribution < -0.4 is 4.90 Å². The van der Waals surface area contributed by atoms with Crippen molar-refractivity contribution in [2.45, 2.75) is 71.1 Å². The van der Waals surface area contributed by atoms with E-state index in [2.05, 4.69) is 199 Å². The quantitative estimate of drug-likeness (QED) is 0.177. The first-order valence-electron chi connectivity index (χ1n) is 20.1. The Morgan fingerprint density at radius 1 is 0.473 bits per heavy atom. The van der Waals surface area contributed by atoms with Crippen LogP contribution >= 0.6 is 0 Å². The second-order valence-corrected chi connectivity index (χ2v) is 18.4. The molecule has 0 N–H and O–H groups in total. The molecule has 0 aliphatic heterocycles. The molecule has 0 fully saturated rings. The molecule has 0 spiro atoms. The Hall–Kier alpha value is -5.66. The highest BCUT2D eigenvalue weighted by Crippen LogP contribution is 2.65. The van der Waals surface area contributed by atoms with Crippen LogP contribution in [0.2, 0.25) is 0 Å². The molecular formula is C54H47N. The minimum Gasteiger partial charge on any atom is -0.309 e. The molecule has 0 aromatic heterocycles. The van der Waals surface area contributed by atoms with Crippen molar-refractivity contribution in [2.75, 3.05) is 4.90 Å². The third kappa shape index (κ3) is 4.14. The highest BCUT2D eigenvalue weighted by Gasteiger charge is 2.53. The van der Waals surface area contributed by atoms with Crippen molar-refractivity contribution in [3.8, 4) is 22.3 Å². The van der Waals surface area contributed by atoms with E-state index in [0.717, 1.165) is 6.42 Å². The van der Waals surface area contributed by atoms with Gasteiger partial charge in [-0.2, -0.15) is 0 Å². The molecule has 4 aliphatic rings. The molecule has 0 saturated heterocycles. The molecule has 11 rings (SSSR count). The number of nitrogens with zero attached hydrogens (tertiary/aromatic N) is 1. The van der Waals surface area contributed by atoms with Crippen LogP contribution in [0.1, 0.15) is 88.3 Å². The van der Waals surface area contributed by atoms with E-state index in [1.165, 1.54) is 99.8 Å². The van der Waals surface area contributed by atoms with Crippen LogP contribution in [0.3, 0.4) is 0 Å². The Morgan fingerprint density at radius 3 is 1.75 bits per heavy atom. The molecule has 55 heavy (non-hydrogen) atoms. The third-order valence-corrected chi connectivity index (χ3v) is 14.7. The summed E-state index contributed by atoms with van der Waals surface area (Å²) in [5.74, 6) is 0. The molecule has 268 valence electrons. The zero-order chi connectivity index (χ0) is 37.6. The van der Waals surface area contributed by atoms with Crippen molar-refractivity contribution >= 4 is 44.2 Å². The summed E-state index contributed by atoms with van der Waals surface area (Å²) in [4.78, 5) is 2.64. The number of hydrogen-bond acceptors (Lipinski definition) is 1. The lowest BCUT2D eigenvalue weighted by Crippen LogP contribution is -2.34. The normalized spacial score (nSPS) is 20.0. The fraction of sp³-hybridized carbons (Fsp3) is 0.222. The SMILES string of the molecule is CC1(C)c2ccccc2-c2ccc(N(c3ccc4c(c3)C(C)(C)c3cc5ccccc5cc3-4)c3c4c(cc5ccccc35)C(C)(C)C3(C)CC=CC=C43)cc21. The predicted octanol–water partition coefficient (Wildman–Crippen LogP) is 14.7. The Labute approximate surface area is 325 Å². The van der Waals surface area contributed by atoms with Gasteiger partial charge < -0.3 is 4.90 Å². The Bertz CT molecular complexity index is 2890. The number of benzene rings is 7. The van der Waals surface area contributed by atoms with Gasteiger partial charge in [0.05, 0.1) is 5.69 Å². The average molecular weight is 710 g/mol. The van der Waals surface area contributed by atoms with Crippen LogP contribution in [0.25, 0.3) is 49.4 Å². The van der Waals surface area contributed by atoms with Crippen molar-refractivity contribution in [1.82, 2.24) is 0 Å². The number of hydrogen-bond donors (Lipinski definition) is 0. The van der Waals surface area contributed by atoms with Crippen molar-refractivity contribution in [3.63, 3.8) is 0 Å². The molecule has 1 atom stereocenters. The van der Waals surface area contributed by atoms with E-state index in [1.807, 2.05) is 0 Å². The van der Waals surface area contributed by atoms with E-state index in [0.29, 0.717) is 0 Å². The summed E-state index contributed by atoms with van der Waals surface area (Å²) in [5, 5.41) is 5.18. The molecule has 4 aliphatic carbocycles. The van der Waals surface area contributed by atoms with Crippen LogP contribution in [-0.2, 0) is 16.2 Å². The monoisotopic (exact) mass is 709 g/mol. The molecule has 0 heterocycles. The minimum atomic E-state index is -0.157. The Kier molecular flexibility index (Phi) is 6.41. The number of allylic oxidation sites excluding steroid dienone is 4. The van der Waals surface area contributed by atoms with Gasteiger partial charge in [-0.3, -0.25) is 0 Å². The lowest BCUT2D eigenvalue weighted by Gasteiger charge is -2.40. The van der Waals surface area contributed by atoms with E-state index in [1.54, 1.807) is 0 Å². The van der Waals surface area contributed by atoms with E-state index in [9.17, 15) is 0 Å². The van der Waals surface area contributed by atoms with Gasteiger partial charge in [-0.15, -0.1) is 0 Å². The van der Waals surface area contributed by atoms with Crippen molar-refractivity contribution < 1.29 is 0 Å². The molecule has 1 nitrogen and oxygen atoms in total. The summed E-state index contributed by atoms with van der Waals surface area (Å²) in [5.41, 5.74) is 18.6. The zero-order valence-electron chi connectivity index (χ0n) is 33.0. The average Bonchev–Trinajstić information content (AvgIpc) is 3.63. The van der Waals surface area contributed by atoms with Crippen LogP contribution in [0.4, 0.5) is 17.1 Å².